The van der Waals surface area contributed by atoms with E-state index in [1.807, 2.05) is 38.3 Å². The van der Waals surface area contributed by atoms with Crippen molar-refractivity contribution >= 4 is 0 Å². The first-order chi connectivity index (χ1) is 7.30. The van der Waals surface area contributed by atoms with E-state index in [2.05, 4.69) is 17.1 Å². The first kappa shape index (κ1) is 11.7. The fourth-order valence-electron chi connectivity index (χ4n) is 1.36. The van der Waals surface area contributed by atoms with Gasteiger partial charge in [-0.1, -0.05) is 24.3 Å². The maximum atomic E-state index is 5.51. The van der Waals surface area contributed by atoms with Crippen LogP contribution in [-0.2, 0) is 13.0 Å². The highest BCUT2D eigenvalue weighted by Gasteiger charge is 1.97. The number of aromatic nitrogens is 1. The molecule has 0 saturated heterocycles. The van der Waals surface area contributed by atoms with Crippen LogP contribution in [-0.4, -0.2) is 4.98 Å². The highest BCUT2D eigenvalue weighted by Crippen LogP contribution is 2.08. The molecule has 15 heavy (non-hydrogen) atoms. The summed E-state index contributed by atoms with van der Waals surface area (Å²) in [6, 6.07) is 4.07. The molecule has 2 N–H and O–H groups in total. The van der Waals surface area contributed by atoms with Crippen LogP contribution >= 0.6 is 0 Å². The second-order valence-corrected chi connectivity index (χ2v) is 3.40. The minimum atomic E-state index is 0.554. The quantitative estimate of drug-likeness (QED) is 0.762. The van der Waals surface area contributed by atoms with Crippen LogP contribution in [0.25, 0.3) is 0 Å². The summed E-state index contributed by atoms with van der Waals surface area (Å²) in [5, 5.41) is 0. The van der Waals surface area contributed by atoms with Gasteiger partial charge in [-0.25, -0.2) is 0 Å². The predicted molar refractivity (Wildman–Crippen MR) is 64.4 cm³/mol. The molecule has 1 aromatic heterocycles. The van der Waals surface area contributed by atoms with Crippen molar-refractivity contribution in [3.8, 4) is 0 Å². The van der Waals surface area contributed by atoms with Gasteiger partial charge in [0.1, 0.15) is 0 Å². The van der Waals surface area contributed by atoms with E-state index >= 15 is 0 Å². The van der Waals surface area contributed by atoms with E-state index in [9.17, 15) is 0 Å². The van der Waals surface area contributed by atoms with Gasteiger partial charge in [-0.15, -0.1) is 0 Å². The molecule has 0 atom stereocenters. The second kappa shape index (κ2) is 6.14. The SMILES string of the molecule is C/C=C\C(=C/C)Cc1ccc(CN)cn1. The third kappa shape index (κ3) is 3.68. The van der Waals surface area contributed by atoms with Crippen LogP contribution in [0.15, 0.2) is 42.1 Å². The van der Waals surface area contributed by atoms with E-state index < -0.39 is 0 Å². The molecule has 0 fully saturated rings. The first-order valence-corrected chi connectivity index (χ1v) is 5.22. The maximum Gasteiger partial charge on any atom is 0.0447 e. The molecule has 0 bridgehead atoms. The van der Waals surface area contributed by atoms with Crippen LogP contribution < -0.4 is 5.73 Å². The van der Waals surface area contributed by atoms with Gasteiger partial charge in [0.25, 0.3) is 0 Å². The summed E-state index contributed by atoms with van der Waals surface area (Å²) >= 11 is 0. The number of rotatable bonds is 4. The van der Waals surface area contributed by atoms with E-state index in [0.717, 1.165) is 17.7 Å². The summed E-state index contributed by atoms with van der Waals surface area (Å²) in [6.45, 7) is 4.62. The Morgan fingerprint density at radius 1 is 1.40 bits per heavy atom. The zero-order valence-electron chi connectivity index (χ0n) is 9.40. The fraction of sp³-hybridized carbons (Fsp3) is 0.308. The van der Waals surface area contributed by atoms with Crippen LogP contribution in [0.3, 0.4) is 0 Å². The minimum Gasteiger partial charge on any atom is -0.326 e. The summed E-state index contributed by atoms with van der Waals surface area (Å²) < 4.78 is 0. The number of pyridine rings is 1. The van der Waals surface area contributed by atoms with Gasteiger partial charge in [0.2, 0.25) is 0 Å². The van der Waals surface area contributed by atoms with Crippen LogP contribution in [0.4, 0.5) is 0 Å². The van der Waals surface area contributed by atoms with Crippen LogP contribution in [0, 0.1) is 0 Å². The first-order valence-electron chi connectivity index (χ1n) is 5.22. The number of nitrogens with two attached hydrogens (primary N) is 1. The van der Waals surface area contributed by atoms with Crippen molar-refractivity contribution in [2.45, 2.75) is 26.8 Å². The third-order valence-corrected chi connectivity index (χ3v) is 2.26. The highest BCUT2D eigenvalue weighted by molar-refractivity contribution is 5.25. The summed E-state index contributed by atoms with van der Waals surface area (Å²) in [5.41, 5.74) is 8.95. The lowest BCUT2D eigenvalue weighted by molar-refractivity contribution is 1.00. The van der Waals surface area contributed by atoms with Gasteiger partial charge in [-0.3, -0.25) is 4.98 Å². The zero-order chi connectivity index (χ0) is 11.1. The molecule has 0 saturated carbocycles. The molecule has 0 spiro atoms. The van der Waals surface area contributed by atoms with Gasteiger partial charge in [0.05, 0.1) is 0 Å². The fourth-order valence-corrected chi connectivity index (χ4v) is 1.36. The molecule has 0 unspecified atom stereocenters. The molecule has 1 rings (SSSR count). The number of nitrogens with zero attached hydrogens (tertiary/aromatic N) is 1. The average molecular weight is 202 g/mol. The lowest BCUT2D eigenvalue weighted by atomic mass is 10.1. The normalized spacial score (nSPS) is 12.3. The molecular weight excluding hydrogens is 184 g/mol. The Kier molecular flexibility index (Phi) is 4.78. The molecule has 0 aromatic carbocycles. The molecule has 0 amide bonds. The van der Waals surface area contributed by atoms with Crippen molar-refractivity contribution < 1.29 is 0 Å². The molecule has 0 aliphatic heterocycles. The summed E-state index contributed by atoms with van der Waals surface area (Å²) in [7, 11) is 0. The second-order valence-electron chi connectivity index (χ2n) is 3.40. The van der Waals surface area contributed by atoms with E-state index in [-0.39, 0.29) is 0 Å². The predicted octanol–water partition coefficient (Wildman–Crippen LogP) is 2.61. The van der Waals surface area contributed by atoms with Gasteiger partial charge >= 0.3 is 0 Å². The number of hydrogen-bond acceptors (Lipinski definition) is 2. The van der Waals surface area contributed by atoms with Crippen molar-refractivity contribution in [2.24, 2.45) is 5.73 Å². The minimum absolute atomic E-state index is 0.554. The third-order valence-electron chi connectivity index (χ3n) is 2.26. The Labute approximate surface area is 91.5 Å². The van der Waals surface area contributed by atoms with Crippen LogP contribution in [0.2, 0.25) is 0 Å². The molecule has 2 nitrogen and oxygen atoms in total. The molecule has 0 aliphatic rings. The zero-order valence-corrected chi connectivity index (χ0v) is 9.40. The molecule has 1 heterocycles. The van der Waals surface area contributed by atoms with Gasteiger partial charge < -0.3 is 5.73 Å². The van der Waals surface area contributed by atoms with Crippen molar-refractivity contribution in [2.75, 3.05) is 0 Å². The van der Waals surface area contributed by atoms with Crippen molar-refractivity contribution in [3.05, 3.63) is 53.4 Å². The number of allylic oxidation sites excluding steroid dienone is 4. The van der Waals surface area contributed by atoms with E-state index in [0.29, 0.717) is 6.54 Å². The maximum absolute atomic E-state index is 5.51. The lowest BCUT2D eigenvalue weighted by Gasteiger charge is -2.02. The molecule has 0 aliphatic carbocycles. The molecule has 0 radical (unpaired) electrons. The number of hydrogen-bond donors (Lipinski definition) is 1. The molecule has 1 aromatic rings. The van der Waals surface area contributed by atoms with Crippen LogP contribution in [0.5, 0.6) is 0 Å². The van der Waals surface area contributed by atoms with Crippen molar-refractivity contribution in [1.29, 1.82) is 0 Å². The average Bonchev–Trinajstić information content (AvgIpc) is 2.29. The highest BCUT2D eigenvalue weighted by atomic mass is 14.7. The largest absolute Gasteiger partial charge is 0.326 e. The Hall–Kier alpha value is -1.41. The van der Waals surface area contributed by atoms with Gasteiger partial charge in [-0.05, 0) is 31.1 Å². The molecular formula is C13H18N2. The van der Waals surface area contributed by atoms with E-state index in [1.54, 1.807) is 0 Å². The monoisotopic (exact) mass is 202 g/mol. The Bertz CT molecular complexity index is 347. The summed E-state index contributed by atoms with van der Waals surface area (Å²) in [4.78, 5) is 4.36. The van der Waals surface area contributed by atoms with Gasteiger partial charge in [0, 0.05) is 24.9 Å². The standard InChI is InChI=1S/C13H18N2/c1-3-5-11(4-2)8-13-7-6-12(9-14)10-15-13/h3-7,10H,8-9,14H2,1-2H3/b5-3-,11-4+. The van der Waals surface area contributed by atoms with E-state index in [1.165, 1.54) is 5.57 Å². The summed E-state index contributed by atoms with van der Waals surface area (Å²) in [5.74, 6) is 0. The van der Waals surface area contributed by atoms with Gasteiger partial charge in [-0.2, -0.15) is 0 Å². The Morgan fingerprint density at radius 2 is 2.20 bits per heavy atom. The Balaban J connectivity index is 2.72. The Morgan fingerprint density at radius 3 is 2.67 bits per heavy atom. The lowest BCUT2D eigenvalue weighted by Crippen LogP contribution is -1.98. The molecule has 80 valence electrons. The van der Waals surface area contributed by atoms with Crippen molar-refractivity contribution in [3.63, 3.8) is 0 Å². The van der Waals surface area contributed by atoms with E-state index in [4.69, 9.17) is 5.73 Å². The van der Waals surface area contributed by atoms with Gasteiger partial charge in [0.15, 0.2) is 0 Å². The topological polar surface area (TPSA) is 38.9 Å². The molecule has 2 heteroatoms. The summed E-state index contributed by atoms with van der Waals surface area (Å²) in [6.07, 6.45) is 8.99. The van der Waals surface area contributed by atoms with Crippen molar-refractivity contribution in [1.82, 2.24) is 4.98 Å². The smallest absolute Gasteiger partial charge is 0.0447 e. The van der Waals surface area contributed by atoms with Crippen LogP contribution in [0.1, 0.15) is 25.1 Å².